The third kappa shape index (κ3) is 7.76. The Morgan fingerprint density at radius 3 is 2.78 bits per heavy atom. The zero-order valence-electron chi connectivity index (χ0n) is 26.2. The van der Waals surface area contributed by atoms with Gasteiger partial charge in [-0.1, -0.05) is 18.2 Å². The number of aryl methyl sites for hydroxylation is 1. The summed E-state index contributed by atoms with van der Waals surface area (Å²) >= 11 is 0. The van der Waals surface area contributed by atoms with Crippen molar-refractivity contribution in [3.63, 3.8) is 0 Å². The highest BCUT2D eigenvalue weighted by molar-refractivity contribution is 5.95. The highest BCUT2D eigenvalue weighted by Gasteiger charge is 2.32. The number of nitrogens with zero attached hydrogens (tertiary/aromatic N) is 3. The average molecular weight is 629 g/mol. The summed E-state index contributed by atoms with van der Waals surface area (Å²) in [6, 6.07) is 18.2. The maximum atomic E-state index is 13.0. The number of methoxy groups -OCH3 is 1. The number of amides is 3. The van der Waals surface area contributed by atoms with E-state index in [0.717, 1.165) is 42.1 Å². The molecule has 2 aliphatic rings. The number of fused-ring (bicyclic) bond motifs is 6. The van der Waals surface area contributed by atoms with Crippen LogP contribution in [0, 0.1) is 6.92 Å². The lowest BCUT2D eigenvalue weighted by molar-refractivity contribution is -0.0307. The molecule has 0 unspecified atom stereocenters. The van der Waals surface area contributed by atoms with Crippen molar-refractivity contribution in [3.8, 4) is 17.2 Å². The number of hydrogen-bond donors (Lipinski definition) is 3. The lowest BCUT2D eigenvalue weighted by atomic mass is 10.0. The molecule has 0 aliphatic carbocycles. The molecule has 2 aromatic carbocycles. The number of likely N-dealkylation sites (tertiary alicyclic amines) is 1. The maximum absolute atomic E-state index is 13.0. The molecule has 46 heavy (non-hydrogen) atoms. The van der Waals surface area contributed by atoms with Crippen LogP contribution in [-0.4, -0.2) is 84.9 Å². The molecule has 4 aromatic rings. The van der Waals surface area contributed by atoms with E-state index in [4.69, 9.17) is 23.9 Å². The van der Waals surface area contributed by atoms with Gasteiger partial charge in [0.05, 0.1) is 36.7 Å². The molecule has 12 heteroatoms. The first-order valence-corrected chi connectivity index (χ1v) is 15.6. The van der Waals surface area contributed by atoms with Crippen LogP contribution in [0.4, 0.5) is 4.79 Å². The van der Waals surface area contributed by atoms with Crippen molar-refractivity contribution < 1.29 is 28.5 Å². The van der Waals surface area contributed by atoms with Gasteiger partial charge in [0.15, 0.2) is 0 Å². The highest BCUT2D eigenvalue weighted by Crippen LogP contribution is 2.29. The van der Waals surface area contributed by atoms with E-state index in [9.17, 15) is 9.59 Å². The lowest BCUT2D eigenvalue weighted by Gasteiger charge is -2.38. The quantitative estimate of drug-likeness (QED) is 0.276. The molecule has 2 atom stereocenters. The second-order valence-corrected chi connectivity index (χ2v) is 11.5. The fraction of sp³-hybridized carbons (Fsp3) is 0.382. The Balaban J connectivity index is 1.21. The lowest BCUT2D eigenvalue weighted by Crippen LogP contribution is -2.56. The van der Waals surface area contributed by atoms with E-state index in [1.165, 1.54) is 0 Å². The summed E-state index contributed by atoms with van der Waals surface area (Å²) in [4.78, 5) is 33.0. The molecule has 4 bridgehead atoms. The maximum Gasteiger partial charge on any atom is 0.315 e. The van der Waals surface area contributed by atoms with Gasteiger partial charge in [-0.15, -0.1) is 0 Å². The van der Waals surface area contributed by atoms with Crippen LogP contribution in [0.1, 0.15) is 33.7 Å². The zero-order valence-corrected chi connectivity index (χ0v) is 26.2. The van der Waals surface area contributed by atoms with Crippen LogP contribution in [0.2, 0.25) is 0 Å². The molecule has 6 rings (SSSR count). The number of ether oxygens (including phenoxy) is 4. The SMILES string of the molecule is COCCOc1cc2cc(c1)C(=O)NCCNC(=O)N[C@H]1CCN(Cc3c(C)nc4ccccn34)C[C@@H]1OCc1cccc(c1)O2. The molecule has 3 amide bonds. The van der Waals surface area contributed by atoms with Gasteiger partial charge in [0, 0.05) is 57.7 Å². The van der Waals surface area contributed by atoms with Crippen molar-refractivity contribution in [3.05, 3.63) is 89.4 Å². The molecule has 0 spiro atoms. The summed E-state index contributed by atoms with van der Waals surface area (Å²) < 4.78 is 25.8. The van der Waals surface area contributed by atoms with Crippen molar-refractivity contribution in [2.45, 2.75) is 38.6 Å². The first kappa shape index (κ1) is 31.3. The van der Waals surface area contributed by atoms with Gasteiger partial charge in [-0.05, 0) is 55.3 Å². The van der Waals surface area contributed by atoms with Gasteiger partial charge < -0.3 is 39.3 Å². The van der Waals surface area contributed by atoms with Crippen LogP contribution >= 0.6 is 0 Å². The smallest absolute Gasteiger partial charge is 0.315 e. The van der Waals surface area contributed by atoms with Gasteiger partial charge >= 0.3 is 6.03 Å². The third-order valence-corrected chi connectivity index (χ3v) is 8.15. The Kier molecular flexibility index (Phi) is 9.97. The first-order valence-electron chi connectivity index (χ1n) is 15.6. The number of urea groups is 1. The standard InChI is InChI=1S/C34H40N6O6/c1-23-30(40-12-4-3-8-32(40)37-23)20-39-13-9-29-31(21-39)45-22-24-6-5-7-26(16-24)46-28-18-25(17-27(19-28)44-15-14-43-2)33(41)35-10-11-36-34(42)38-29/h3-8,12,16-19,29,31H,9-11,13-15,20-22H2,1-2H3,(H,35,41)(H2,36,38,42)/t29-,31-/m0/s1. The Labute approximate surface area is 268 Å². The Hall–Kier alpha value is -4.65. The summed E-state index contributed by atoms with van der Waals surface area (Å²) in [5, 5.41) is 8.84. The number of pyridine rings is 1. The van der Waals surface area contributed by atoms with Crippen LogP contribution in [0.25, 0.3) is 5.65 Å². The van der Waals surface area contributed by atoms with Crippen LogP contribution in [0.15, 0.2) is 66.9 Å². The molecule has 12 nitrogen and oxygen atoms in total. The Morgan fingerprint density at radius 1 is 1.00 bits per heavy atom. The highest BCUT2D eigenvalue weighted by atomic mass is 16.5. The summed E-state index contributed by atoms with van der Waals surface area (Å²) in [7, 11) is 1.60. The molecule has 0 radical (unpaired) electrons. The van der Waals surface area contributed by atoms with Gasteiger partial charge in [-0.25, -0.2) is 9.78 Å². The summed E-state index contributed by atoms with van der Waals surface area (Å²) in [6.45, 7) is 5.75. The normalized spacial score (nSPS) is 19.5. The minimum Gasteiger partial charge on any atom is -0.491 e. The fourth-order valence-electron chi connectivity index (χ4n) is 5.82. The second-order valence-electron chi connectivity index (χ2n) is 11.5. The number of imidazole rings is 1. The number of carbonyl (C=O) groups is 2. The second kappa shape index (κ2) is 14.6. The summed E-state index contributed by atoms with van der Waals surface area (Å²) in [5.74, 6) is 1.24. The fourth-order valence-corrected chi connectivity index (χ4v) is 5.82. The molecule has 2 aliphatic heterocycles. The third-order valence-electron chi connectivity index (χ3n) is 8.15. The molecule has 4 heterocycles. The van der Waals surface area contributed by atoms with E-state index >= 15 is 0 Å². The number of benzene rings is 2. The van der Waals surface area contributed by atoms with Gasteiger partial charge in [0.2, 0.25) is 0 Å². The van der Waals surface area contributed by atoms with E-state index in [1.807, 2.05) is 55.6 Å². The Bertz CT molecular complexity index is 1680. The van der Waals surface area contributed by atoms with E-state index < -0.39 is 0 Å². The van der Waals surface area contributed by atoms with E-state index in [0.29, 0.717) is 49.2 Å². The van der Waals surface area contributed by atoms with Crippen molar-refractivity contribution in [2.75, 3.05) is 46.5 Å². The molecule has 3 N–H and O–H groups in total. The van der Waals surface area contributed by atoms with E-state index in [1.54, 1.807) is 25.3 Å². The van der Waals surface area contributed by atoms with Crippen LogP contribution in [0.3, 0.4) is 0 Å². The van der Waals surface area contributed by atoms with E-state index in [2.05, 4.69) is 25.3 Å². The molecule has 1 fully saturated rings. The topological polar surface area (TPSA) is 128 Å². The monoisotopic (exact) mass is 628 g/mol. The van der Waals surface area contributed by atoms with Gasteiger partial charge in [-0.3, -0.25) is 9.69 Å². The minimum atomic E-state index is -0.304. The molecule has 2 aromatic heterocycles. The van der Waals surface area contributed by atoms with Gasteiger partial charge in [-0.2, -0.15) is 0 Å². The number of hydrogen-bond acceptors (Lipinski definition) is 8. The van der Waals surface area contributed by atoms with Crippen molar-refractivity contribution in [1.29, 1.82) is 0 Å². The predicted octanol–water partition coefficient (Wildman–Crippen LogP) is 3.66. The van der Waals surface area contributed by atoms with E-state index in [-0.39, 0.29) is 37.2 Å². The number of nitrogens with one attached hydrogen (secondary N) is 3. The van der Waals surface area contributed by atoms with Gasteiger partial charge in [0.25, 0.3) is 5.91 Å². The number of carbonyl (C=O) groups excluding carboxylic acids is 2. The van der Waals surface area contributed by atoms with Gasteiger partial charge in [0.1, 0.15) is 29.5 Å². The predicted molar refractivity (Wildman–Crippen MR) is 171 cm³/mol. The van der Waals surface area contributed by atoms with Crippen molar-refractivity contribution >= 4 is 17.6 Å². The van der Waals surface area contributed by atoms with Crippen LogP contribution in [-0.2, 0) is 22.6 Å². The molecule has 242 valence electrons. The molecular weight excluding hydrogens is 588 g/mol. The molecule has 0 saturated carbocycles. The number of aromatic nitrogens is 2. The Morgan fingerprint density at radius 2 is 1.89 bits per heavy atom. The minimum absolute atomic E-state index is 0.191. The number of rotatable bonds is 6. The van der Waals surface area contributed by atoms with Crippen molar-refractivity contribution in [2.24, 2.45) is 0 Å². The average Bonchev–Trinajstić information content (AvgIpc) is 3.37. The zero-order chi connectivity index (χ0) is 31.9. The van der Waals surface area contributed by atoms with Crippen LogP contribution in [0.5, 0.6) is 17.2 Å². The largest absolute Gasteiger partial charge is 0.491 e. The summed E-state index contributed by atoms with van der Waals surface area (Å²) in [5.41, 5.74) is 4.36. The number of piperidine rings is 1. The summed E-state index contributed by atoms with van der Waals surface area (Å²) in [6.07, 6.45) is 2.50. The van der Waals surface area contributed by atoms with Crippen LogP contribution < -0.4 is 25.4 Å². The molecule has 1 saturated heterocycles. The first-order chi connectivity index (χ1) is 22.4. The molecular formula is C34H40N6O6. The van der Waals surface area contributed by atoms with Crippen molar-refractivity contribution in [1.82, 2.24) is 30.2 Å².